The van der Waals surface area contributed by atoms with E-state index in [-0.39, 0.29) is 6.09 Å². The molecule has 0 aromatic heterocycles. The Labute approximate surface area is 133 Å². The second kappa shape index (κ2) is 5.92. The summed E-state index contributed by atoms with van der Waals surface area (Å²) in [7, 11) is 0. The molecule has 0 unspecified atom stereocenters. The van der Waals surface area contributed by atoms with Gasteiger partial charge in [-0.25, -0.2) is 4.79 Å². The second-order valence-corrected chi connectivity index (χ2v) is 7.43. The van der Waals surface area contributed by atoms with Gasteiger partial charge in [0.2, 0.25) is 0 Å². The first-order valence-corrected chi connectivity index (χ1v) is 8.20. The summed E-state index contributed by atoms with van der Waals surface area (Å²) in [4.78, 5) is 16.7. The van der Waals surface area contributed by atoms with E-state index in [9.17, 15) is 4.79 Å². The first-order valence-electron chi connectivity index (χ1n) is 8.20. The number of benzene rings is 1. The lowest BCUT2D eigenvalue weighted by Crippen LogP contribution is -2.55. The summed E-state index contributed by atoms with van der Waals surface area (Å²) in [6.45, 7) is 8.33. The predicted molar refractivity (Wildman–Crippen MR) is 86.6 cm³/mol. The van der Waals surface area contributed by atoms with Gasteiger partial charge in [0, 0.05) is 31.7 Å². The van der Waals surface area contributed by atoms with Crippen molar-refractivity contribution < 1.29 is 9.53 Å². The van der Waals surface area contributed by atoms with Crippen LogP contribution in [0.5, 0.6) is 0 Å². The van der Waals surface area contributed by atoms with Crippen LogP contribution >= 0.6 is 0 Å². The summed E-state index contributed by atoms with van der Waals surface area (Å²) >= 11 is 0. The molecule has 0 spiro atoms. The summed E-state index contributed by atoms with van der Waals surface area (Å²) in [5, 5.41) is 0. The van der Waals surface area contributed by atoms with E-state index in [0.717, 1.165) is 19.6 Å². The third-order valence-corrected chi connectivity index (χ3v) is 4.49. The van der Waals surface area contributed by atoms with Gasteiger partial charge < -0.3 is 9.64 Å². The highest BCUT2D eigenvalue weighted by Gasteiger charge is 2.42. The van der Waals surface area contributed by atoms with E-state index in [4.69, 9.17) is 4.74 Å². The first-order chi connectivity index (χ1) is 10.4. The number of piperazine rings is 1. The van der Waals surface area contributed by atoms with Crippen molar-refractivity contribution in [1.29, 1.82) is 0 Å². The summed E-state index contributed by atoms with van der Waals surface area (Å²) < 4.78 is 5.52. The lowest BCUT2D eigenvalue weighted by molar-refractivity contribution is -0.000115. The molecule has 1 aromatic rings. The molecule has 3 rings (SSSR count). The van der Waals surface area contributed by atoms with E-state index in [0.29, 0.717) is 12.1 Å². The molecule has 2 atom stereocenters. The Morgan fingerprint density at radius 3 is 2.27 bits per heavy atom. The molecule has 1 amide bonds. The molecule has 4 heteroatoms. The fourth-order valence-corrected chi connectivity index (χ4v) is 3.52. The first kappa shape index (κ1) is 15.3. The van der Waals surface area contributed by atoms with Crippen molar-refractivity contribution in [2.24, 2.45) is 0 Å². The van der Waals surface area contributed by atoms with E-state index < -0.39 is 5.60 Å². The molecular formula is C18H26N2O2. The number of rotatable bonds is 2. The number of ether oxygens (including phenoxy) is 1. The maximum Gasteiger partial charge on any atom is 0.410 e. The summed E-state index contributed by atoms with van der Waals surface area (Å²) in [6, 6.07) is 11.5. The van der Waals surface area contributed by atoms with E-state index in [1.54, 1.807) is 0 Å². The Bertz CT molecular complexity index is 510. The Kier molecular flexibility index (Phi) is 4.13. The minimum atomic E-state index is -0.419. The molecule has 2 aliphatic heterocycles. The fourth-order valence-electron chi connectivity index (χ4n) is 3.52. The lowest BCUT2D eigenvalue weighted by atomic mass is 10.1. The monoisotopic (exact) mass is 302 g/mol. The highest BCUT2D eigenvalue weighted by atomic mass is 16.6. The van der Waals surface area contributed by atoms with Crippen molar-refractivity contribution in [3.63, 3.8) is 0 Å². The Morgan fingerprint density at radius 2 is 1.73 bits per heavy atom. The van der Waals surface area contributed by atoms with Crippen molar-refractivity contribution >= 4 is 6.09 Å². The molecule has 0 N–H and O–H groups in total. The van der Waals surface area contributed by atoms with Crippen LogP contribution in [0.2, 0.25) is 0 Å². The van der Waals surface area contributed by atoms with Crippen LogP contribution in [0, 0.1) is 0 Å². The SMILES string of the molecule is CC(C)(C)OC(=O)N1C[C@H]2CC[C@@H](C1)N2Cc1ccccc1. The third kappa shape index (κ3) is 3.43. The molecule has 2 heterocycles. The topological polar surface area (TPSA) is 32.8 Å². The predicted octanol–water partition coefficient (Wildman–Crippen LogP) is 3.27. The maximum atomic E-state index is 12.3. The van der Waals surface area contributed by atoms with E-state index in [1.165, 1.54) is 18.4 Å². The highest BCUT2D eigenvalue weighted by molar-refractivity contribution is 5.68. The van der Waals surface area contributed by atoms with Gasteiger partial charge in [-0.05, 0) is 39.2 Å². The number of carbonyl (C=O) groups is 1. The van der Waals surface area contributed by atoms with E-state index >= 15 is 0 Å². The van der Waals surface area contributed by atoms with E-state index in [2.05, 4.69) is 35.2 Å². The zero-order chi connectivity index (χ0) is 15.7. The molecule has 2 fully saturated rings. The lowest BCUT2D eigenvalue weighted by Gasteiger charge is -2.41. The highest BCUT2D eigenvalue weighted by Crippen LogP contribution is 2.32. The Hall–Kier alpha value is -1.55. The molecule has 0 aliphatic carbocycles. The number of amides is 1. The fraction of sp³-hybridized carbons (Fsp3) is 0.611. The van der Waals surface area contributed by atoms with Crippen LogP contribution < -0.4 is 0 Å². The largest absolute Gasteiger partial charge is 0.444 e. The van der Waals surface area contributed by atoms with Gasteiger partial charge in [-0.2, -0.15) is 0 Å². The quantitative estimate of drug-likeness (QED) is 0.840. The number of hydrogen-bond acceptors (Lipinski definition) is 3. The van der Waals surface area contributed by atoms with Crippen LogP contribution in [0.1, 0.15) is 39.2 Å². The van der Waals surface area contributed by atoms with Crippen molar-refractivity contribution in [2.75, 3.05) is 13.1 Å². The molecule has 4 nitrogen and oxygen atoms in total. The van der Waals surface area contributed by atoms with Gasteiger partial charge in [-0.1, -0.05) is 30.3 Å². The van der Waals surface area contributed by atoms with Crippen LogP contribution in [0.3, 0.4) is 0 Å². The van der Waals surface area contributed by atoms with Crippen LogP contribution in [-0.2, 0) is 11.3 Å². The summed E-state index contributed by atoms with van der Waals surface area (Å²) in [5.41, 5.74) is 0.933. The number of fused-ring (bicyclic) bond motifs is 2. The maximum absolute atomic E-state index is 12.3. The number of carbonyl (C=O) groups excluding carboxylic acids is 1. The average molecular weight is 302 g/mol. The van der Waals surface area contributed by atoms with Crippen molar-refractivity contribution in [1.82, 2.24) is 9.80 Å². The van der Waals surface area contributed by atoms with E-state index in [1.807, 2.05) is 25.7 Å². The molecular weight excluding hydrogens is 276 g/mol. The third-order valence-electron chi connectivity index (χ3n) is 4.49. The van der Waals surface area contributed by atoms with Gasteiger partial charge in [-0.15, -0.1) is 0 Å². The van der Waals surface area contributed by atoms with Gasteiger partial charge in [0.05, 0.1) is 0 Å². The smallest absolute Gasteiger partial charge is 0.410 e. The van der Waals surface area contributed by atoms with Gasteiger partial charge in [0.15, 0.2) is 0 Å². The molecule has 2 aliphatic rings. The molecule has 0 radical (unpaired) electrons. The summed E-state index contributed by atoms with van der Waals surface area (Å²) in [6.07, 6.45) is 2.19. The minimum Gasteiger partial charge on any atom is -0.444 e. The molecule has 0 saturated carbocycles. The molecule has 120 valence electrons. The molecule has 2 saturated heterocycles. The molecule has 2 bridgehead atoms. The minimum absolute atomic E-state index is 0.163. The zero-order valence-electron chi connectivity index (χ0n) is 13.8. The standard InChI is InChI=1S/C18H26N2O2/c1-18(2,3)22-17(21)19-12-15-9-10-16(13-19)20(15)11-14-7-5-4-6-8-14/h4-8,15-16H,9-13H2,1-3H3/t15-,16+. The Balaban J connectivity index is 1.63. The van der Waals surface area contributed by atoms with Gasteiger partial charge >= 0.3 is 6.09 Å². The average Bonchev–Trinajstić information content (AvgIpc) is 2.69. The molecule has 22 heavy (non-hydrogen) atoms. The van der Waals surface area contributed by atoms with Gasteiger partial charge in [0.1, 0.15) is 5.60 Å². The van der Waals surface area contributed by atoms with Crippen molar-refractivity contribution in [2.45, 2.75) is 57.8 Å². The van der Waals surface area contributed by atoms with Crippen LogP contribution in [0.4, 0.5) is 4.79 Å². The van der Waals surface area contributed by atoms with Crippen LogP contribution in [0.15, 0.2) is 30.3 Å². The van der Waals surface area contributed by atoms with Crippen LogP contribution in [0.25, 0.3) is 0 Å². The summed E-state index contributed by atoms with van der Waals surface area (Å²) in [5.74, 6) is 0. The van der Waals surface area contributed by atoms with Crippen molar-refractivity contribution in [3.05, 3.63) is 35.9 Å². The second-order valence-electron chi connectivity index (χ2n) is 7.43. The van der Waals surface area contributed by atoms with Crippen molar-refractivity contribution in [3.8, 4) is 0 Å². The van der Waals surface area contributed by atoms with Crippen LogP contribution in [-0.4, -0.2) is 46.7 Å². The van der Waals surface area contributed by atoms with Gasteiger partial charge in [0.25, 0.3) is 0 Å². The number of likely N-dealkylation sites (tertiary alicyclic amines) is 1. The number of nitrogens with zero attached hydrogens (tertiary/aromatic N) is 2. The number of hydrogen-bond donors (Lipinski definition) is 0. The Morgan fingerprint density at radius 1 is 1.14 bits per heavy atom. The normalized spacial score (nSPS) is 25.3. The molecule has 1 aromatic carbocycles. The van der Waals surface area contributed by atoms with Gasteiger partial charge in [-0.3, -0.25) is 4.90 Å². The zero-order valence-corrected chi connectivity index (χ0v) is 13.8.